The molecule has 0 aliphatic rings. The molecule has 4 nitrogen and oxygen atoms in total. The van der Waals surface area contributed by atoms with Crippen molar-refractivity contribution in [2.24, 2.45) is 0 Å². The van der Waals surface area contributed by atoms with E-state index >= 15 is 0 Å². The summed E-state index contributed by atoms with van der Waals surface area (Å²) in [5.41, 5.74) is 3.30. The van der Waals surface area contributed by atoms with E-state index in [-0.39, 0.29) is 11.9 Å². The molecule has 1 amide bonds. The molecule has 0 saturated heterocycles. The molecule has 2 aromatic rings. The van der Waals surface area contributed by atoms with Crippen molar-refractivity contribution in [3.63, 3.8) is 0 Å². The van der Waals surface area contributed by atoms with Crippen LogP contribution in [0.1, 0.15) is 50.3 Å². The number of ether oxygens (including phenoxy) is 2. The summed E-state index contributed by atoms with van der Waals surface area (Å²) in [6, 6.07) is 13.9. The number of para-hydroxylation sites is 1. The van der Waals surface area contributed by atoms with Gasteiger partial charge >= 0.3 is 0 Å². The fraction of sp³-hybridized carbons (Fsp3) is 0.435. The molecule has 0 saturated carbocycles. The van der Waals surface area contributed by atoms with Gasteiger partial charge in [0.2, 0.25) is 0 Å². The van der Waals surface area contributed by atoms with Gasteiger partial charge in [-0.15, -0.1) is 0 Å². The van der Waals surface area contributed by atoms with Gasteiger partial charge in [-0.3, -0.25) is 4.79 Å². The third-order valence-corrected chi connectivity index (χ3v) is 4.44. The fourth-order valence-electron chi connectivity index (χ4n) is 2.80. The zero-order valence-corrected chi connectivity index (χ0v) is 17.2. The average Bonchev–Trinajstić information content (AvgIpc) is 2.60. The Morgan fingerprint density at radius 3 is 2.37 bits per heavy atom. The third-order valence-electron chi connectivity index (χ3n) is 4.44. The summed E-state index contributed by atoms with van der Waals surface area (Å²) in [5.74, 6) is 1.80. The summed E-state index contributed by atoms with van der Waals surface area (Å²) in [6.07, 6.45) is -0.579. The number of carbonyl (C=O) groups is 1. The molecular weight excluding hydrogens is 338 g/mol. The number of rotatable bonds is 8. The van der Waals surface area contributed by atoms with E-state index in [0.29, 0.717) is 12.5 Å². The van der Waals surface area contributed by atoms with Gasteiger partial charge in [-0.25, -0.2) is 0 Å². The van der Waals surface area contributed by atoms with Gasteiger partial charge in [0, 0.05) is 0 Å². The Morgan fingerprint density at radius 2 is 1.70 bits per heavy atom. The first-order chi connectivity index (χ1) is 12.8. The zero-order valence-electron chi connectivity index (χ0n) is 17.2. The van der Waals surface area contributed by atoms with Crippen molar-refractivity contribution in [3.05, 3.63) is 59.2 Å². The van der Waals surface area contributed by atoms with Crippen molar-refractivity contribution in [2.75, 3.05) is 6.61 Å². The largest absolute Gasteiger partial charge is 0.491 e. The van der Waals surface area contributed by atoms with Crippen LogP contribution in [0, 0.1) is 13.8 Å². The highest BCUT2D eigenvalue weighted by molar-refractivity contribution is 5.81. The summed E-state index contributed by atoms with van der Waals surface area (Å²) < 4.78 is 11.8. The van der Waals surface area contributed by atoms with Gasteiger partial charge in [0.25, 0.3) is 5.91 Å². The molecule has 0 aliphatic heterocycles. The SMILES string of the molecule is Cc1ccc(C(C)C)c(O[C@H](C)C(=O)N[C@@H](C)COc2ccccc2C)c1. The summed E-state index contributed by atoms with van der Waals surface area (Å²) in [4.78, 5) is 12.5. The van der Waals surface area contributed by atoms with Gasteiger partial charge in [-0.05, 0) is 62.4 Å². The molecule has 2 rings (SSSR count). The molecular formula is C23H31NO3. The van der Waals surface area contributed by atoms with Crippen LogP contribution in [0.2, 0.25) is 0 Å². The van der Waals surface area contributed by atoms with E-state index in [1.807, 2.05) is 51.1 Å². The molecule has 27 heavy (non-hydrogen) atoms. The molecule has 2 atom stereocenters. The molecule has 0 radical (unpaired) electrons. The first-order valence-corrected chi connectivity index (χ1v) is 9.54. The first kappa shape index (κ1) is 20.8. The van der Waals surface area contributed by atoms with E-state index in [4.69, 9.17) is 9.47 Å². The highest BCUT2D eigenvalue weighted by atomic mass is 16.5. The molecule has 0 aromatic heterocycles. The van der Waals surface area contributed by atoms with Crippen molar-refractivity contribution in [1.29, 1.82) is 0 Å². The number of aryl methyl sites for hydroxylation is 2. The van der Waals surface area contributed by atoms with E-state index < -0.39 is 6.10 Å². The van der Waals surface area contributed by atoms with Crippen LogP contribution in [0.15, 0.2) is 42.5 Å². The number of carbonyl (C=O) groups excluding carboxylic acids is 1. The van der Waals surface area contributed by atoms with Crippen molar-refractivity contribution in [3.8, 4) is 11.5 Å². The van der Waals surface area contributed by atoms with Gasteiger partial charge < -0.3 is 14.8 Å². The summed E-state index contributed by atoms with van der Waals surface area (Å²) >= 11 is 0. The molecule has 0 fully saturated rings. The molecule has 0 aliphatic carbocycles. The van der Waals surface area contributed by atoms with Gasteiger partial charge in [0.1, 0.15) is 18.1 Å². The number of hydrogen-bond donors (Lipinski definition) is 1. The van der Waals surface area contributed by atoms with Gasteiger partial charge in [0.05, 0.1) is 6.04 Å². The third kappa shape index (κ3) is 6.02. The smallest absolute Gasteiger partial charge is 0.261 e. The average molecular weight is 370 g/mol. The second kappa shape index (κ2) is 9.45. The van der Waals surface area contributed by atoms with Crippen molar-refractivity contribution in [1.82, 2.24) is 5.32 Å². The fourth-order valence-corrected chi connectivity index (χ4v) is 2.80. The molecule has 0 bridgehead atoms. The molecule has 4 heteroatoms. The van der Waals surface area contributed by atoms with Crippen LogP contribution < -0.4 is 14.8 Å². The number of hydrogen-bond acceptors (Lipinski definition) is 3. The Hall–Kier alpha value is -2.49. The Labute approximate surface area is 162 Å². The monoisotopic (exact) mass is 369 g/mol. The maximum atomic E-state index is 12.5. The predicted molar refractivity (Wildman–Crippen MR) is 110 cm³/mol. The lowest BCUT2D eigenvalue weighted by Gasteiger charge is -2.21. The van der Waals surface area contributed by atoms with Crippen LogP contribution >= 0.6 is 0 Å². The highest BCUT2D eigenvalue weighted by Crippen LogP contribution is 2.28. The minimum atomic E-state index is -0.579. The highest BCUT2D eigenvalue weighted by Gasteiger charge is 2.19. The standard InChI is InChI=1S/C23H31NO3/c1-15(2)20-12-11-16(3)13-22(20)27-19(6)23(25)24-18(5)14-26-21-10-8-7-9-17(21)4/h7-13,15,18-19H,14H2,1-6H3,(H,24,25)/t18-,19+/m0/s1. The van der Waals surface area contributed by atoms with Crippen LogP contribution in [0.3, 0.4) is 0 Å². The molecule has 0 heterocycles. The minimum Gasteiger partial charge on any atom is -0.491 e. The lowest BCUT2D eigenvalue weighted by Crippen LogP contribution is -2.43. The normalized spacial score (nSPS) is 13.1. The van der Waals surface area contributed by atoms with Gasteiger partial charge in [-0.1, -0.05) is 44.2 Å². The Bertz CT molecular complexity index is 770. The van der Waals surface area contributed by atoms with Gasteiger partial charge in [-0.2, -0.15) is 0 Å². The predicted octanol–water partition coefficient (Wildman–Crippen LogP) is 4.78. The van der Waals surface area contributed by atoms with Crippen molar-refractivity contribution in [2.45, 2.75) is 59.6 Å². The quantitative estimate of drug-likeness (QED) is 0.728. The van der Waals surface area contributed by atoms with Crippen LogP contribution in [0.4, 0.5) is 0 Å². The van der Waals surface area contributed by atoms with E-state index in [1.165, 1.54) is 0 Å². The second-order valence-corrected chi connectivity index (χ2v) is 7.44. The van der Waals surface area contributed by atoms with Gasteiger partial charge in [0.15, 0.2) is 6.10 Å². The Balaban J connectivity index is 1.92. The molecule has 2 aromatic carbocycles. The lowest BCUT2D eigenvalue weighted by atomic mass is 10.0. The number of amides is 1. The van der Waals surface area contributed by atoms with Crippen molar-refractivity contribution >= 4 is 5.91 Å². The molecule has 146 valence electrons. The van der Waals surface area contributed by atoms with Crippen LogP contribution in [0.5, 0.6) is 11.5 Å². The Morgan fingerprint density at radius 1 is 1.00 bits per heavy atom. The first-order valence-electron chi connectivity index (χ1n) is 9.54. The summed E-state index contributed by atoms with van der Waals surface area (Å²) in [7, 11) is 0. The Kier molecular flexibility index (Phi) is 7.28. The maximum Gasteiger partial charge on any atom is 0.261 e. The molecule has 0 unspecified atom stereocenters. The van der Waals surface area contributed by atoms with Crippen LogP contribution in [-0.4, -0.2) is 24.7 Å². The topological polar surface area (TPSA) is 47.6 Å². The molecule has 0 spiro atoms. The summed E-state index contributed by atoms with van der Waals surface area (Å²) in [5, 5.41) is 2.96. The van der Waals surface area contributed by atoms with Crippen molar-refractivity contribution < 1.29 is 14.3 Å². The van der Waals surface area contributed by atoms with E-state index in [1.54, 1.807) is 6.92 Å². The number of benzene rings is 2. The number of nitrogens with one attached hydrogen (secondary N) is 1. The van der Waals surface area contributed by atoms with E-state index in [0.717, 1.165) is 28.2 Å². The maximum absolute atomic E-state index is 12.5. The minimum absolute atomic E-state index is 0.120. The van der Waals surface area contributed by atoms with E-state index in [2.05, 4.69) is 31.3 Å². The van der Waals surface area contributed by atoms with Crippen LogP contribution in [-0.2, 0) is 4.79 Å². The lowest BCUT2D eigenvalue weighted by molar-refractivity contribution is -0.128. The van der Waals surface area contributed by atoms with E-state index in [9.17, 15) is 4.79 Å². The van der Waals surface area contributed by atoms with Crippen LogP contribution in [0.25, 0.3) is 0 Å². The molecule has 1 N–H and O–H groups in total. The zero-order chi connectivity index (χ0) is 20.0. The summed E-state index contributed by atoms with van der Waals surface area (Å²) in [6.45, 7) is 12.4. The second-order valence-electron chi connectivity index (χ2n) is 7.44.